The van der Waals surface area contributed by atoms with Gasteiger partial charge in [-0.15, -0.1) is 0 Å². The number of alkyl halides is 3. The average Bonchev–Trinajstić information content (AvgIpc) is 2.68. The molecule has 2 heterocycles. The van der Waals surface area contributed by atoms with Crippen LogP contribution in [0, 0.1) is 20.8 Å². The molecule has 0 amide bonds. The molecule has 0 aliphatic carbocycles. The van der Waals surface area contributed by atoms with E-state index >= 15 is 0 Å². The minimum Gasteiger partial charge on any atom is -0.247 e. The van der Waals surface area contributed by atoms with Crippen molar-refractivity contribution < 1.29 is 17.9 Å². The molecule has 0 unspecified atom stereocenters. The molecule has 4 aromatic rings. The van der Waals surface area contributed by atoms with Crippen LogP contribution in [0.4, 0.5) is 13.2 Å². The minimum atomic E-state index is -4.57. The van der Waals surface area contributed by atoms with E-state index in [-0.39, 0.29) is 16.8 Å². The van der Waals surface area contributed by atoms with E-state index in [0.29, 0.717) is 5.52 Å². The highest BCUT2D eigenvalue weighted by molar-refractivity contribution is 5.95. The average molecular weight is 440 g/mol. The summed E-state index contributed by atoms with van der Waals surface area (Å²) in [7, 11) is 1.74. The first kappa shape index (κ1) is 22.1. The first-order valence-corrected chi connectivity index (χ1v) is 10.5. The van der Waals surface area contributed by atoms with Crippen LogP contribution in [0.25, 0.3) is 33.2 Å². The first-order chi connectivity index (χ1) is 14.8. The van der Waals surface area contributed by atoms with Gasteiger partial charge in [-0.3, -0.25) is 0 Å². The SMILES string of the molecule is Cc1nc2c(C)c(-c3cc(C(C)(C)C)c4ccccc4c3C)[n+](C)nc2nc1C(F)(F)F. The van der Waals surface area contributed by atoms with Crippen molar-refractivity contribution in [1.82, 2.24) is 15.1 Å². The third-order valence-corrected chi connectivity index (χ3v) is 5.98. The Morgan fingerprint density at radius 2 is 1.50 bits per heavy atom. The molecule has 0 fully saturated rings. The van der Waals surface area contributed by atoms with Crippen molar-refractivity contribution in [2.24, 2.45) is 7.05 Å². The van der Waals surface area contributed by atoms with Crippen molar-refractivity contribution in [3.8, 4) is 11.3 Å². The van der Waals surface area contributed by atoms with Gasteiger partial charge in [0.15, 0.2) is 12.7 Å². The van der Waals surface area contributed by atoms with Gasteiger partial charge in [-0.1, -0.05) is 49.7 Å². The van der Waals surface area contributed by atoms with Crippen LogP contribution in [-0.2, 0) is 18.6 Å². The minimum absolute atomic E-state index is 0.0128. The fourth-order valence-electron chi connectivity index (χ4n) is 4.41. The Balaban J connectivity index is 2.09. The number of aryl methyl sites for hydroxylation is 4. The van der Waals surface area contributed by atoms with Crippen LogP contribution >= 0.6 is 0 Å². The molecule has 166 valence electrons. The van der Waals surface area contributed by atoms with Gasteiger partial charge in [0, 0.05) is 5.10 Å². The molecule has 0 atom stereocenters. The van der Waals surface area contributed by atoms with E-state index in [2.05, 4.69) is 61.0 Å². The highest BCUT2D eigenvalue weighted by Crippen LogP contribution is 2.38. The topological polar surface area (TPSA) is 42.5 Å². The lowest BCUT2D eigenvalue weighted by molar-refractivity contribution is -0.718. The molecule has 7 heteroatoms. The van der Waals surface area contributed by atoms with Crippen LogP contribution in [0.3, 0.4) is 0 Å². The summed E-state index contributed by atoms with van der Waals surface area (Å²) in [6.45, 7) is 11.8. The molecule has 2 aromatic heterocycles. The quantitative estimate of drug-likeness (QED) is 0.346. The second-order valence-electron chi connectivity index (χ2n) is 9.32. The summed E-state index contributed by atoms with van der Waals surface area (Å²) in [5.41, 5.74) is 3.96. The molecule has 4 nitrogen and oxygen atoms in total. The predicted octanol–water partition coefficient (Wildman–Crippen LogP) is 5.91. The zero-order chi connectivity index (χ0) is 23.6. The van der Waals surface area contributed by atoms with E-state index in [1.54, 1.807) is 11.7 Å². The van der Waals surface area contributed by atoms with E-state index in [9.17, 15) is 13.2 Å². The van der Waals surface area contributed by atoms with Crippen LogP contribution < -0.4 is 4.68 Å². The van der Waals surface area contributed by atoms with Crippen molar-refractivity contribution >= 4 is 21.9 Å². The molecule has 0 bridgehead atoms. The zero-order valence-corrected chi connectivity index (χ0v) is 19.3. The number of fused-ring (bicyclic) bond motifs is 2. The van der Waals surface area contributed by atoms with E-state index in [4.69, 9.17) is 0 Å². The Kier molecular flexibility index (Phi) is 4.99. The molecular weight excluding hydrogens is 413 g/mol. The van der Waals surface area contributed by atoms with E-state index in [0.717, 1.165) is 27.8 Å². The zero-order valence-electron chi connectivity index (χ0n) is 19.3. The van der Waals surface area contributed by atoms with E-state index < -0.39 is 11.9 Å². The smallest absolute Gasteiger partial charge is 0.247 e. The molecule has 0 radical (unpaired) electrons. The molecule has 0 saturated heterocycles. The third-order valence-electron chi connectivity index (χ3n) is 5.98. The summed E-state index contributed by atoms with van der Waals surface area (Å²) in [5, 5.41) is 6.72. The third kappa shape index (κ3) is 3.49. The lowest BCUT2D eigenvalue weighted by Gasteiger charge is -2.24. The summed E-state index contributed by atoms with van der Waals surface area (Å²) in [6, 6.07) is 10.5. The molecule has 0 aliphatic rings. The number of nitrogens with zero attached hydrogens (tertiary/aromatic N) is 4. The Morgan fingerprint density at radius 1 is 0.875 bits per heavy atom. The second kappa shape index (κ2) is 7.22. The molecular formula is C25H26F3N4+. The summed E-state index contributed by atoms with van der Waals surface area (Å²) in [5.74, 6) is 0. The Morgan fingerprint density at radius 3 is 2.09 bits per heavy atom. The maximum absolute atomic E-state index is 13.3. The van der Waals surface area contributed by atoms with Gasteiger partial charge in [0.1, 0.15) is 5.52 Å². The normalized spacial score (nSPS) is 12.7. The molecule has 2 aromatic carbocycles. The number of rotatable bonds is 1. The number of aromatic nitrogens is 4. The summed E-state index contributed by atoms with van der Waals surface area (Å²) >= 11 is 0. The van der Waals surface area contributed by atoms with Gasteiger partial charge < -0.3 is 0 Å². The monoisotopic (exact) mass is 439 g/mol. The lowest BCUT2D eigenvalue weighted by atomic mass is 9.80. The standard InChI is InChI=1S/C25H26F3N4/c1-13-16-10-8-9-11-17(16)19(24(4,5)6)12-18(13)21-14(2)20-23(31-32(21)7)30-22(15(3)29-20)25(26,27)28/h8-12H,1-7H3/q+1. The fourth-order valence-corrected chi connectivity index (χ4v) is 4.41. The number of hydrogen-bond donors (Lipinski definition) is 0. The first-order valence-electron chi connectivity index (χ1n) is 10.5. The maximum atomic E-state index is 13.3. The maximum Gasteiger partial charge on any atom is 0.435 e. The summed E-state index contributed by atoms with van der Waals surface area (Å²) < 4.78 is 41.6. The highest BCUT2D eigenvalue weighted by atomic mass is 19.4. The van der Waals surface area contributed by atoms with Crippen LogP contribution in [-0.4, -0.2) is 15.1 Å². The highest BCUT2D eigenvalue weighted by Gasteiger charge is 2.37. The molecule has 0 saturated carbocycles. The van der Waals surface area contributed by atoms with Gasteiger partial charge in [0.25, 0.3) is 0 Å². The van der Waals surface area contributed by atoms with Gasteiger partial charge >= 0.3 is 6.18 Å². The number of halogens is 3. The Bertz CT molecular complexity index is 1380. The molecule has 32 heavy (non-hydrogen) atoms. The van der Waals surface area contributed by atoms with Gasteiger partial charge in [0.05, 0.1) is 16.8 Å². The lowest BCUT2D eigenvalue weighted by Crippen LogP contribution is -2.37. The summed E-state index contributed by atoms with van der Waals surface area (Å²) in [4.78, 5) is 8.09. The van der Waals surface area contributed by atoms with Crippen LogP contribution in [0.1, 0.15) is 48.8 Å². The van der Waals surface area contributed by atoms with Crippen molar-refractivity contribution in [3.63, 3.8) is 0 Å². The predicted molar refractivity (Wildman–Crippen MR) is 119 cm³/mol. The molecule has 0 aliphatic heterocycles. The number of benzene rings is 2. The van der Waals surface area contributed by atoms with E-state index in [1.807, 2.05) is 19.1 Å². The Labute approximate surface area is 185 Å². The van der Waals surface area contributed by atoms with Crippen molar-refractivity contribution in [2.75, 3.05) is 0 Å². The molecule has 4 rings (SSSR count). The van der Waals surface area contributed by atoms with Crippen molar-refractivity contribution in [1.29, 1.82) is 0 Å². The Hall–Kier alpha value is -3.09. The van der Waals surface area contributed by atoms with Crippen molar-refractivity contribution in [2.45, 2.75) is 53.1 Å². The van der Waals surface area contributed by atoms with Gasteiger partial charge in [-0.2, -0.15) is 13.2 Å². The second-order valence-corrected chi connectivity index (χ2v) is 9.32. The van der Waals surface area contributed by atoms with Crippen LogP contribution in [0.2, 0.25) is 0 Å². The van der Waals surface area contributed by atoms with Gasteiger partial charge in [0.2, 0.25) is 11.3 Å². The van der Waals surface area contributed by atoms with Crippen molar-refractivity contribution in [3.05, 3.63) is 58.4 Å². The molecule has 0 spiro atoms. The van der Waals surface area contributed by atoms with E-state index in [1.165, 1.54) is 17.9 Å². The number of hydrogen-bond acceptors (Lipinski definition) is 3. The fraction of sp³-hybridized carbons (Fsp3) is 0.360. The summed E-state index contributed by atoms with van der Waals surface area (Å²) in [6.07, 6.45) is -4.57. The van der Waals surface area contributed by atoms with Crippen LogP contribution in [0.15, 0.2) is 30.3 Å². The largest absolute Gasteiger partial charge is 0.435 e. The van der Waals surface area contributed by atoms with Crippen LogP contribution in [0.5, 0.6) is 0 Å². The van der Waals surface area contributed by atoms with Gasteiger partial charge in [-0.05, 0) is 54.2 Å². The molecule has 0 N–H and O–H groups in total. The van der Waals surface area contributed by atoms with Gasteiger partial charge in [-0.25, -0.2) is 9.97 Å².